The van der Waals surface area contributed by atoms with Gasteiger partial charge in [0.05, 0.1) is 16.9 Å². The van der Waals surface area contributed by atoms with Crippen molar-refractivity contribution < 1.29 is 27.0 Å². The number of ether oxygens (including phenoxy) is 1. The van der Waals surface area contributed by atoms with E-state index in [1.165, 1.54) is 27.9 Å². The van der Waals surface area contributed by atoms with Gasteiger partial charge in [0, 0.05) is 32.7 Å². The molecule has 2 N–H and O–H groups in total. The molecule has 0 radical (unpaired) electrons. The molecule has 0 aromatic heterocycles. The van der Waals surface area contributed by atoms with Crippen LogP contribution in [0, 0.1) is 6.92 Å². The average Bonchev–Trinajstić information content (AvgIpc) is 2.96. The predicted molar refractivity (Wildman–Crippen MR) is 173 cm³/mol. The molecule has 43 heavy (non-hydrogen) atoms. The van der Waals surface area contributed by atoms with Gasteiger partial charge in [-0.3, -0.25) is 4.90 Å². The van der Waals surface area contributed by atoms with Crippen molar-refractivity contribution in [2.45, 2.75) is 36.1 Å². The van der Waals surface area contributed by atoms with Crippen molar-refractivity contribution in [2.75, 3.05) is 46.4 Å². The highest BCUT2D eigenvalue weighted by atomic mass is 35.5. The number of aryl methyl sites for hydroxylation is 1. The molecule has 0 bridgehead atoms. The summed E-state index contributed by atoms with van der Waals surface area (Å²) in [5.74, 6) is 0.565. The summed E-state index contributed by atoms with van der Waals surface area (Å²) < 4.78 is 63.0. The van der Waals surface area contributed by atoms with Crippen molar-refractivity contribution in [1.29, 1.82) is 0 Å². The van der Waals surface area contributed by atoms with Crippen LogP contribution in [0.15, 0.2) is 101 Å². The van der Waals surface area contributed by atoms with Crippen LogP contribution < -0.4 is 4.74 Å². The number of hydrogen-bond donors (Lipinski definition) is 0. The topological polar surface area (TPSA) is 119 Å². The zero-order valence-electron chi connectivity index (χ0n) is 24.7. The van der Waals surface area contributed by atoms with Crippen LogP contribution in [0.5, 0.6) is 5.75 Å². The quantitative estimate of drug-likeness (QED) is 0.355. The number of sulfonamides is 2. The Morgan fingerprint density at radius 3 is 1.65 bits per heavy atom. The molecule has 0 spiro atoms. The van der Waals surface area contributed by atoms with E-state index in [0.29, 0.717) is 50.3 Å². The van der Waals surface area contributed by atoms with E-state index >= 15 is 0 Å². The lowest BCUT2D eigenvalue weighted by Gasteiger charge is -2.30. The molecule has 0 saturated carbocycles. The first-order valence-corrected chi connectivity index (χ1v) is 16.6. The molecular weight excluding hydrogens is 610 g/mol. The molecule has 0 unspecified atom stereocenters. The van der Waals surface area contributed by atoms with E-state index in [4.69, 9.17) is 4.74 Å². The Morgan fingerprint density at radius 1 is 0.721 bits per heavy atom. The number of halogens is 1. The van der Waals surface area contributed by atoms with Gasteiger partial charge in [-0.15, -0.1) is 12.4 Å². The standard InChI is InChI=1S/C31H39N3O5S2.ClH.H2O/c1-26-11-15-30(16-12-26)40(35,36)33-21-7-19-32(25-28-9-5-4-6-10-28)20-8-22-34(24-27(2)23-33)41(37,38)31-17-13-29(39-3)14-18-31;;/h4-6,9-18H,2,7-8,19-25H2,1,3H3;1H;1H2. The summed E-state index contributed by atoms with van der Waals surface area (Å²) in [6.45, 7) is 8.71. The third-order valence-corrected chi connectivity index (χ3v) is 10.9. The Hall–Kier alpha value is -2.77. The molecule has 9 nitrogen and oxygen atoms in total. The highest BCUT2D eigenvalue weighted by molar-refractivity contribution is 7.89. The number of rotatable bonds is 7. The van der Waals surface area contributed by atoms with E-state index in [0.717, 1.165) is 11.1 Å². The van der Waals surface area contributed by atoms with E-state index in [1.807, 2.05) is 25.1 Å². The Balaban J connectivity index is 0.00000323. The number of methoxy groups -OCH3 is 1. The van der Waals surface area contributed by atoms with Gasteiger partial charge < -0.3 is 10.2 Å². The zero-order valence-corrected chi connectivity index (χ0v) is 27.1. The van der Waals surface area contributed by atoms with Crippen LogP contribution in [0.25, 0.3) is 0 Å². The molecular formula is C31H42ClN3O6S2. The molecule has 1 saturated heterocycles. The van der Waals surface area contributed by atoms with Gasteiger partial charge in [0.1, 0.15) is 5.75 Å². The van der Waals surface area contributed by atoms with Crippen LogP contribution in [-0.2, 0) is 26.6 Å². The first kappa shape index (κ1) is 36.4. The second-order valence-corrected chi connectivity index (χ2v) is 14.3. The van der Waals surface area contributed by atoms with E-state index in [1.54, 1.807) is 36.4 Å². The Kier molecular flexibility index (Phi) is 13.8. The molecule has 3 aromatic rings. The van der Waals surface area contributed by atoms with Crippen LogP contribution >= 0.6 is 12.4 Å². The Morgan fingerprint density at radius 2 is 1.19 bits per heavy atom. The maximum absolute atomic E-state index is 13.8. The minimum absolute atomic E-state index is 0. The lowest BCUT2D eigenvalue weighted by Crippen LogP contribution is -2.41. The zero-order chi connectivity index (χ0) is 29.5. The number of benzene rings is 3. The van der Waals surface area contributed by atoms with Crippen LogP contribution in [0.3, 0.4) is 0 Å². The minimum Gasteiger partial charge on any atom is -0.497 e. The predicted octanol–water partition coefficient (Wildman–Crippen LogP) is 4.13. The van der Waals surface area contributed by atoms with Gasteiger partial charge in [-0.1, -0.05) is 54.6 Å². The van der Waals surface area contributed by atoms with Crippen molar-refractivity contribution in [3.8, 4) is 5.75 Å². The van der Waals surface area contributed by atoms with Crippen molar-refractivity contribution in [3.05, 3.63) is 102 Å². The molecule has 3 aromatic carbocycles. The average molecular weight is 652 g/mol. The lowest BCUT2D eigenvalue weighted by molar-refractivity contribution is 0.238. The fraction of sp³-hybridized carbons (Fsp3) is 0.355. The molecule has 0 amide bonds. The van der Waals surface area contributed by atoms with Crippen LogP contribution in [-0.4, -0.2) is 82.2 Å². The highest BCUT2D eigenvalue weighted by Gasteiger charge is 2.29. The summed E-state index contributed by atoms with van der Waals surface area (Å²) in [6.07, 6.45) is 1.26. The fourth-order valence-corrected chi connectivity index (χ4v) is 7.93. The fourth-order valence-electron chi connectivity index (χ4n) is 4.93. The molecule has 0 atom stereocenters. The van der Waals surface area contributed by atoms with Crippen molar-refractivity contribution >= 4 is 32.5 Å². The molecule has 12 heteroatoms. The van der Waals surface area contributed by atoms with Crippen molar-refractivity contribution in [2.24, 2.45) is 0 Å². The van der Waals surface area contributed by atoms with Crippen LogP contribution in [0.4, 0.5) is 0 Å². The first-order chi connectivity index (χ1) is 19.6. The Bertz CT molecular complexity index is 1520. The SMILES string of the molecule is C=C1CN(S(=O)(=O)c2ccc(C)cc2)CCCN(Cc2ccccc2)CCCN(S(=O)(=O)c2ccc(OC)cc2)C1.Cl.O. The second kappa shape index (κ2) is 16.3. The summed E-state index contributed by atoms with van der Waals surface area (Å²) >= 11 is 0. The maximum atomic E-state index is 13.8. The lowest BCUT2D eigenvalue weighted by atomic mass is 10.2. The maximum Gasteiger partial charge on any atom is 0.243 e. The number of nitrogens with zero attached hydrogens (tertiary/aromatic N) is 3. The van der Waals surface area contributed by atoms with Gasteiger partial charge in [0.15, 0.2) is 0 Å². The smallest absolute Gasteiger partial charge is 0.243 e. The van der Waals surface area contributed by atoms with Crippen LogP contribution in [0.1, 0.15) is 24.0 Å². The van der Waals surface area contributed by atoms with Crippen molar-refractivity contribution in [1.82, 2.24) is 13.5 Å². The molecule has 1 aliphatic rings. The summed E-state index contributed by atoms with van der Waals surface area (Å²) in [7, 11) is -6.15. The number of hydrogen-bond acceptors (Lipinski definition) is 6. The first-order valence-electron chi connectivity index (χ1n) is 13.7. The van der Waals surface area contributed by atoms with Gasteiger partial charge in [-0.25, -0.2) is 16.8 Å². The third-order valence-electron chi connectivity index (χ3n) is 7.17. The highest BCUT2D eigenvalue weighted by Crippen LogP contribution is 2.23. The van der Waals surface area contributed by atoms with Gasteiger partial charge in [-0.05, 0) is 80.4 Å². The van der Waals surface area contributed by atoms with Gasteiger partial charge in [-0.2, -0.15) is 8.61 Å². The summed E-state index contributed by atoms with van der Waals surface area (Å²) in [5.41, 5.74) is 2.64. The largest absolute Gasteiger partial charge is 0.497 e. The molecule has 1 heterocycles. The van der Waals surface area contributed by atoms with Gasteiger partial charge >= 0.3 is 0 Å². The third kappa shape index (κ3) is 9.61. The van der Waals surface area contributed by atoms with Crippen LogP contribution in [0.2, 0.25) is 0 Å². The van der Waals surface area contributed by atoms with Gasteiger partial charge in [0.2, 0.25) is 20.0 Å². The normalized spacial score (nSPS) is 16.7. The van der Waals surface area contributed by atoms with Gasteiger partial charge in [0.25, 0.3) is 0 Å². The summed E-state index contributed by atoms with van der Waals surface area (Å²) in [6, 6.07) is 23.2. The summed E-state index contributed by atoms with van der Waals surface area (Å²) in [4.78, 5) is 2.64. The van der Waals surface area contributed by atoms with E-state index in [-0.39, 0.29) is 47.3 Å². The monoisotopic (exact) mass is 651 g/mol. The molecule has 1 fully saturated rings. The summed E-state index contributed by atoms with van der Waals surface area (Å²) in [5, 5.41) is 0. The Labute approximate surface area is 262 Å². The molecule has 236 valence electrons. The molecule has 0 aliphatic carbocycles. The van der Waals surface area contributed by atoms with E-state index in [2.05, 4.69) is 23.6 Å². The minimum atomic E-state index is -3.86. The second-order valence-electron chi connectivity index (χ2n) is 10.4. The van der Waals surface area contributed by atoms with E-state index in [9.17, 15) is 16.8 Å². The van der Waals surface area contributed by atoms with E-state index < -0.39 is 20.0 Å². The molecule has 1 aliphatic heterocycles. The van der Waals surface area contributed by atoms with Crippen molar-refractivity contribution in [3.63, 3.8) is 0 Å². The molecule has 4 rings (SSSR count).